The van der Waals surface area contributed by atoms with E-state index < -0.39 is 0 Å². The van der Waals surface area contributed by atoms with Crippen molar-refractivity contribution in [2.75, 3.05) is 19.5 Å². The van der Waals surface area contributed by atoms with Crippen molar-refractivity contribution in [1.82, 2.24) is 0 Å². The highest BCUT2D eigenvalue weighted by atomic mass is 16.5. The highest BCUT2D eigenvalue weighted by Gasteiger charge is 2.10. The van der Waals surface area contributed by atoms with Gasteiger partial charge in [0.1, 0.15) is 17.2 Å². The predicted octanol–water partition coefficient (Wildman–Crippen LogP) is 4.60. The van der Waals surface area contributed by atoms with Gasteiger partial charge >= 0.3 is 0 Å². The number of allylic oxidation sites excluding steroid dienone is 1. The van der Waals surface area contributed by atoms with E-state index in [4.69, 9.17) is 9.47 Å². The van der Waals surface area contributed by atoms with Crippen LogP contribution in [0, 0.1) is 0 Å². The molecule has 27 heavy (non-hydrogen) atoms. The molecule has 0 aliphatic rings. The fourth-order valence-electron chi connectivity index (χ4n) is 2.97. The van der Waals surface area contributed by atoms with Gasteiger partial charge in [0.25, 0.3) is 0 Å². The summed E-state index contributed by atoms with van der Waals surface area (Å²) in [6, 6.07) is 16.1. The number of phenolic OH excluding ortho intramolecular Hbond substituents is 1. The van der Waals surface area contributed by atoms with E-state index in [1.165, 1.54) is 6.08 Å². The number of nitrogens with one attached hydrogen (secondary N) is 1. The van der Waals surface area contributed by atoms with Crippen molar-refractivity contribution in [1.29, 1.82) is 0 Å². The zero-order chi connectivity index (χ0) is 19.4. The van der Waals surface area contributed by atoms with Crippen molar-refractivity contribution < 1.29 is 19.4 Å². The van der Waals surface area contributed by atoms with Crippen LogP contribution >= 0.6 is 0 Å². The van der Waals surface area contributed by atoms with Crippen LogP contribution in [-0.2, 0) is 4.79 Å². The molecule has 0 bridgehead atoms. The Morgan fingerprint density at radius 1 is 1.00 bits per heavy atom. The van der Waals surface area contributed by atoms with E-state index in [9.17, 15) is 9.90 Å². The van der Waals surface area contributed by atoms with E-state index in [0.717, 1.165) is 16.5 Å². The molecule has 3 rings (SSSR count). The topological polar surface area (TPSA) is 67.8 Å². The van der Waals surface area contributed by atoms with Crippen LogP contribution in [0.5, 0.6) is 17.2 Å². The molecule has 1 amide bonds. The second kappa shape index (κ2) is 7.83. The molecule has 0 spiro atoms. The van der Waals surface area contributed by atoms with Crippen LogP contribution in [0.1, 0.15) is 12.5 Å². The van der Waals surface area contributed by atoms with E-state index >= 15 is 0 Å². The fourth-order valence-corrected chi connectivity index (χ4v) is 2.97. The van der Waals surface area contributed by atoms with Crippen molar-refractivity contribution in [3.63, 3.8) is 0 Å². The van der Waals surface area contributed by atoms with Crippen molar-refractivity contribution in [2.45, 2.75) is 6.92 Å². The van der Waals surface area contributed by atoms with E-state index in [1.807, 2.05) is 31.2 Å². The van der Waals surface area contributed by atoms with Gasteiger partial charge in [-0.3, -0.25) is 4.79 Å². The van der Waals surface area contributed by atoms with Crippen LogP contribution < -0.4 is 14.8 Å². The first-order valence-electron chi connectivity index (χ1n) is 8.46. The molecular formula is C22H21NO4. The van der Waals surface area contributed by atoms with Crippen LogP contribution in [0.2, 0.25) is 0 Å². The minimum atomic E-state index is -0.263. The van der Waals surface area contributed by atoms with Gasteiger partial charge in [0.05, 0.1) is 14.2 Å². The molecule has 3 aromatic carbocycles. The number of carbonyl (C=O) groups excluding carboxylic acids is 1. The lowest BCUT2D eigenvalue weighted by Gasteiger charge is -2.11. The van der Waals surface area contributed by atoms with E-state index in [2.05, 4.69) is 5.32 Å². The number of phenols is 1. The number of fused-ring (bicyclic) bond motifs is 1. The van der Waals surface area contributed by atoms with Crippen molar-refractivity contribution in [2.24, 2.45) is 0 Å². The van der Waals surface area contributed by atoms with Gasteiger partial charge in [0.2, 0.25) is 5.91 Å². The van der Waals surface area contributed by atoms with Crippen molar-refractivity contribution in [3.05, 3.63) is 66.2 Å². The number of anilines is 1. The van der Waals surface area contributed by atoms with Gasteiger partial charge in [0, 0.05) is 34.2 Å². The molecule has 0 aromatic heterocycles. The molecule has 5 heteroatoms. The zero-order valence-electron chi connectivity index (χ0n) is 15.4. The Morgan fingerprint density at radius 3 is 2.48 bits per heavy atom. The number of amides is 1. The van der Waals surface area contributed by atoms with E-state index in [0.29, 0.717) is 22.6 Å². The van der Waals surface area contributed by atoms with Crippen LogP contribution in [-0.4, -0.2) is 25.2 Å². The van der Waals surface area contributed by atoms with Gasteiger partial charge in [-0.05, 0) is 36.8 Å². The summed E-state index contributed by atoms with van der Waals surface area (Å²) in [5.74, 6) is 1.23. The van der Waals surface area contributed by atoms with E-state index in [-0.39, 0.29) is 11.7 Å². The molecule has 0 unspecified atom stereocenters. The van der Waals surface area contributed by atoms with Crippen LogP contribution in [0.4, 0.5) is 5.69 Å². The second-order valence-electron chi connectivity index (χ2n) is 6.06. The Morgan fingerprint density at radius 2 is 1.74 bits per heavy atom. The SMILES string of the molecule is COc1ccc(/C(C)=C/C(=O)Nc2cccc3c(O)cccc23)c(OC)c1. The summed E-state index contributed by atoms with van der Waals surface area (Å²) < 4.78 is 10.6. The molecule has 2 N–H and O–H groups in total. The summed E-state index contributed by atoms with van der Waals surface area (Å²) in [5.41, 5.74) is 2.21. The van der Waals surface area contributed by atoms with Gasteiger partial charge in [-0.1, -0.05) is 24.3 Å². The Hall–Kier alpha value is -3.47. The number of hydrogen-bond acceptors (Lipinski definition) is 4. The quantitative estimate of drug-likeness (QED) is 0.650. The first kappa shape index (κ1) is 18.3. The standard InChI is InChI=1S/C22H21NO4/c1-14(16-11-10-15(26-2)13-21(16)27-3)12-22(25)23-19-8-4-7-18-17(19)6-5-9-20(18)24/h4-13,24H,1-3H3,(H,23,25)/b14-12+. The lowest BCUT2D eigenvalue weighted by atomic mass is 10.0. The second-order valence-corrected chi connectivity index (χ2v) is 6.06. The molecule has 3 aromatic rings. The largest absolute Gasteiger partial charge is 0.507 e. The summed E-state index contributed by atoms with van der Waals surface area (Å²) in [6.45, 7) is 1.85. The smallest absolute Gasteiger partial charge is 0.248 e. The molecular weight excluding hydrogens is 342 g/mol. The molecule has 0 fully saturated rings. The minimum absolute atomic E-state index is 0.179. The maximum absolute atomic E-state index is 12.5. The maximum atomic E-state index is 12.5. The highest BCUT2D eigenvalue weighted by Crippen LogP contribution is 2.31. The maximum Gasteiger partial charge on any atom is 0.248 e. The predicted molar refractivity (Wildman–Crippen MR) is 107 cm³/mol. The lowest BCUT2D eigenvalue weighted by Crippen LogP contribution is -2.09. The average Bonchev–Trinajstić information content (AvgIpc) is 2.68. The Balaban J connectivity index is 1.88. The monoisotopic (exact) mass is 363 g/mol. The third-order valence-electron chi connectivity index (χ3n) is 4.34. The summed E-state index contributed by atoms with van der Waals surface area (Å²) in [4.78, 5) is 12.5. The van der Waals surface area contributed by atoms with Gasteiger partial charge in [0.15, 0.2) is 0 Å². The van der Waals surface area contributed by atoms with Gasteiger partial charge in [-0.25, -0.2) is 0 Å². The molecule has 0 atom stereocenters. The third-order valence-corrected chi connectivity index (χ3v) is 4.34. The molecule has 0 saturated carbocycles. The number of ether oxygens (including phenoxy) is 2. The minimum Gasteiger partial charge on any atom is -0.507 e. The third kappa shape index (κ3) is 3.87. The molecule has 0 radical (unpaired) electrons. The van der Waals surface area contributed by atoms with Crippen LogP contribution in [0.25, 0.3) is 16.3 Å². The summed E-state index contributed by atoms with van der Waals surface area (Å²) in [7, 11) is 3.17. The van der Waals surface area contributed by atoms with Crippen molar-refractivity contribution >= 4 is 27.9 Å². The number of methoxy groups -OCH3 is 2. The molecule has 5 nitrogen and oxygen atoms in total. The number of hydrogen-bond donors (Lipinski definition) is 2. The number of benzene rings is 3. The van der Waals surface area contributed by atoms with Crippen LogP contribution in [0.3, 0.4) is 0 Å². The molecule has 0 saturated heterocycles. The molecule has 0 aliphatic carbocycles. The molecule has 0 aliphatic heterocycles. The number of carbonyl (C=O) groups is 1. The number of rotatable bonds is 5. The lowest BCUT2D eigenvalue weighted by molar-refractivity contribution is -0.111. The van der Waals surface area contributed by atoms with Crippen molar-refractivity contribution in [3.8, 4) is 17.2 Å². The van der Waals surface area contributed by atoms with Crippen LogP contribution in [0.15, 0.2) is 60.7 Å². The Kier molecular flexibility index (Phi) is 5.31. The van der Waals surface area contributed by atoms with Gasteiger partial charge in [-0.2, -0.15) is 0 Å². The first-order valence-corrected chi connectivity index (χ1v) is 8.46. The number of aromatic hydroxyl groups is 1. The normalized spacial score (nSPS) is 11.3. The average molecular weight is 363 g/mol. The molecule has 138 valence electrons. The summed E-state index contributed by atoms with van der Waals surface area (Å²) in [6.07, 6.45) is 1.52. The van der Waals surface area contributed by atoms with Gasteiger partial charge in [-0.15, -0.1) is 0 Å². The fraction of sp³-hybridized carbons (Fsp3) is 0.136. The first-order chi connectivity index (χ1) is 13.0. The molecule has 0 heterocycles. The summed E-state index contributed by atoms with van der Waals surface area (Å²) >= 11 is 0. The highest BCUT2D eigenvalue weighted by molar-refractivity contribution is 6.09. The zero-order valence-corrected chi connectivity index (χ0v) is 15.4. The summed E-state index contributed by atoms with van der Waals surface area (Å²) in [5, 5.41) is 14.3. The van der Waals surface area contributed by atoms with E-state index in [1.54, 1.807) is 44.6 Å². The Bertz CT molecular complexity index is 1020. The Labute approximate surface area is 157 Å². The van der Waals surface area contributed by atoms with Gasteiger partial charge < -0.3 is 19.9 Å².